The highest BCUT2D eigenvalue weighted by Gasteiger charge is 2.26. The first kappa shape index (κ1) is 13.4. The predicted octanol–water partition coefficient (Wildman–Crippen LogP) is 3.19. The third-order valence-corrected chi connectivity index (χ3v) is 4.25. The fourth-order valence-corrected chi connectivity index (χ4v) is 3.05. The quantitative estimate of drug-likeness (QED) is 0.887. The minimum absolute atomic E-state index is 0.383. The van der Waals surface area contributed by atoms with Crippen molar-refractivity contribution in [2.45, 2.75) is 39.2 Å². The molecule has 100 valence electrons. The summed E-state index contributed by atoms with van der Waals surface area (Å²) in [5.74, 6) is 1.47. The molecule has 18 heavy (non-hydrogen) atoms. The van der Waals surface area contributed by atoms with Gasteiger partial charge in [-0.2, -0.15) is 0 Å². The molecule has 2 rings (SSSR count). The summed E-state index contributed by atoms with van der Waals surface area (Å²) in [7, 11) is 2.18. The van der Waals surface area contributed by atoms with Gasteiger partial charge in [-0.3, -0.25) is 0 Å². The van der Waals surface area contributed by atoms with Crippen molar-refractivity contribution < 1.29 is 0 Å². The second kappa shape index (κ2) is 5.75. The van der Waals surface area contributed by atoms with Gasteiger partial charge in [-0.15, -0.1) is 0 Å². The van der Waals surface area contributed by atoms with Gasteiger partial charge in [0.2, 0.25) is 0 Å². The Morgan fingerprint density at radius 1 is 1.33 bits per heavy atom. The highest BCUT2D eigenvalue weighted by atomic mass is 15.1. The van der Waals surface area contributed by atoms with E-state index >= 15 is 0 Å². The van der Waals surface area contributed by atoms with Crippen LogP contribution in [0.25, 0.3) is 0 Å². The average molecular weight is 246 g/mol. The van der Waals surface area contributed by atoms with Gasteiger partial charge in [-0.1, -0.05) is 19.1 Å². The Morgan fingerprint density at radius 2 is 2.11 bits per heavy atom. The van der Waals surface area contributed by atoms with Gasteiger partial charge < -0.3 is 10.6 Å². The second-order valence-electron chi connectivity index (χ2n) is 6.06. The van der Waals surface area contributed by atoms with Crippen LogP contribution in [0.1, 0.15) is 31.7 Å². The van der Waals surface area contributed by atoms with Crippen LogP contribution < -0.4 is 10.6 Å². The van der Waals surface area contributed by atoms with Crippen LogP contribution in [0, 0.1) is 18.8 Å². The summed E-state index contributed by atoms with van der Waals surface area (Å²) in [4.78, 5) is 2.36. The normalized spacial score (nSPS) is 28.1. The molecule has 2 N–H and O–H groups in total. The molecular weight excluding hydrogens is 220 g/mol. The molecule has 0 aromatic heterocycles. The molecule has 1 aliphatic rings. The van der Waals surface area contributed by atoms with Crippen molar-refractivity contribution in [1.29, 1.82) is 0 Å². The Bertz CT molecular complexity index is 388. The van der Waals surface area contributed by atoms with Crippen LogP contribution in [0.5, 0.6) is 0 Å². The molecule has 0 amide bonds. The first-order valence-electron chi connectivity index (χ1n) is 7.09. The van der Waals surface area contributed by atoms with E-state index in [2.05, 4.69) is 50.1 Å². The van der Waals surface area contributed by atoms with Crippen molar-refractivity contribution in [3.63, 3.8) is 0 Å². The van der Waals surface area contributed by atoms with Crippen LogP contribution in [-0.4, -0.2) is 19.6 Å². The Labute approximate surface area is 111 Å². The molecule has 1 saturated carbocycles. The monoisotopic (exact) mass is 246 g/mol. The smallest absolute Gasteiger partial charge is 0.0366 e. The number of nitrogens with zero attached hydrogens (tertiary/aromatic N) is 1. The first-order chi connectivity index (χ1) is 8.56. The SMILES string of the molecule is Cc1cccc(N(C)CC2CC(C)CCC2N)c1. The van der Waals surface area contributed by atoms with Gasteiger partial charge in [0, 0.05) is 25.3 Å². The molecule has 0 aliphatic heterocycles. The van der Waals surface area contributed by atoms with Gasteiger partial charge in [0.25, 0.3) is 0 Å². The number of hydrogen-bond donors (Lipinski definition) is 1. The first-order valence-corrected chi connectivity index (χ1v) is 7.09. The molecule has 3 unspecified atom stereocenters. The van der Waals surface area contributed by atoms with E-state index in [-0.39, 0.29) is 0 Å². The lowest BCUT2D eigenvalue weighted by Crippen LogP contribution is -2.41. The van der Waals surface area contributed by atoms with Crippen molar-refractivity contribution in [2.24, 2.45) is 17.6 Å². The van der Waals surface area contributed by atoms with Crippen molar-refractivity contribution in [3.05, 3.63) is 29.8 Å². The number of aryl methyl sites for hydroxylation is 1. The van der Waals surface area contributed by atoms with Crippen LogP contribution in [0.3, 0.4) is 0 Å². The standard InChI is InChI=1S/C16H26N2/c1-12-5-4-6-15(10-12)18(3)11-14-9-13(2)7-8-16(14)17/h4-6,10,13-14,16H,7-9,11,17H2,1-3H3. The maximum absolute atomic E-state index is 6.27. The van der Waals surface area contributed by atoms with Crippen molar-refractivity contribution in [3.8, 4) is 0 Å². The highest BCUT2D eigenvalue weighted by Crippen LogP contribution is 2.29. The Kier molecular flexibility index (Phi) is 4.28. The lowest BCUT2D eigenvalue weighted by molar-refractivity contribution is 0.250. The Hall–Kier alpha value is -1.02. The summed E-state index contributed by atoms with van der Waals surface area (Å²) in [6, 6.07) is 9.09. The largest absolute Gasteiger partial charge is 0.374 e. The highest BCUT2D eigenvalue weighted by molar-refractivity contribution is 5.47. The molecule has 1 aromatic rings. The van der Waals surface area contributed by atoms with Gasteiger partial charge >= 0.3 is 0 Å². The zero-order valence-electron chi connectivity index (χ0n) is 11.9. The number of nitrogens with two attached hydrogens (primary N) is 1. The zero-order chi connectivity index (χ0) is 13.1. The summed E-state index contributed by atoms with van der Waals surface area (Å²) in [5, 5.41) is 0. The van der Waals surface area contributed by atoms with E-state index in [9.17, 15) is 0 Å². The molecule has 1 fully saturated rings. The molecule has 1 aromatic carbocycles. The van der Waals surface area contributed by atoms with E-state index in [4.69, 9.17) is 5.73 Å². The van der Waals surface area contributed by atoms with Gasteiger partial charge in [0.15, 0.2) is 0 Å². The number of hydrogen-bond acceptors (Lipinski definition) is 2. The summed E-state index contributed by atoms with van der Waals surface area (Å²) in [5.41, 5.74) is 8.90. The minimum Gasteiger partial charge on any atom is -0.374 e. The molecule has 0 heterocycles. The van der Waals surface area contributed by atoms with Gasteiger partial charge in [-0.25, -0.2) is 0 Å². The molecule has 0 bridgehead atoms. The maximum Gasteiger partial charge on any atom is 0.0366 e. The molecule has 0 spiro atoms. The zero-order valence-corrected chi connectivity index (χ0v) is 11.9. The number of anilines is 1. The van der Waals surface area contributed by atoms with Crippen LogP contribution in [0.2, 0.25) is 0 Å². The van der Waals surface area contributed by atoms with E-state index in [0.717, 1.165) is 12.5 Å². The predicted molar refractivity (Wildman–Crippen MR) is 78.9 cm³/mol. The van der Waals surface area contributed by atoms with Crippen molar-refractivity contribution in [1.82, 2.24) is 0 Å². The molecule has 2 nitrogen and oxygen atoms in total. The number of benzene rings is 1. The molecule has 2 heteroatoms. The number of rotatable bonds is 3. The third kappa shape index (κ3) is 3.26. The van der Waals surface area contributed by atoms with Crippen LogP contribution in [-0.2, 0) is 0 Å². The topological polar surface area (TPSA) is 29.3 Å². The van der Waals surface area contributed by atoms with E-state index in [1.165, 1.54) is 30.5 Å². The average Bonchev–Trinajstić information content (AvgIpc) is 2.34. The van der Waals surface area contributed by atoms with Crippen LogP contribution >= 0.6 is 0 Å². The van der Waals surface area contributed by atoms with Gasteiger partial charge in [0.05, 0.1) is 0 Å². The van der Waals surface area contributed by atoms with Crippen molar-refractivity contribution >= 4 is 5.69 Å². The fraction of sp³-hybridized carbons (Fsp3) is 0.625. The molecule has 3 atom stereocenters. The van der Waals surface area contributed by atoms with E-state index in [0.29, 0.717) is 12.0 Å². The summed E-state index contributed by atoms with van der Waals surface area (Å²) in [6.45, 7) is 5.58. The summed E-state index contributed by atoms with van der Waals surface area (Å²) < 4.78 is 0. The van der Waals surface area contributed by atoms with E-state index in [1.807, 2.05) is 0 Å². The van der Waals surface area contributed by atoms with Gasteiger partial charge in [-0.05, 0) is 55.7 Å². The van der Waals surface area contributed by atoms with E-state index < -0.39 is 0 Å². The maximum atomic E-state index is 6.27. The molecular formula is C16H26N2. The second-order valence-corrected chi connectivity index (χ2v) is 6.06. The lowest BCUT2D eigenvalue weighted by atomic mass is 9.79. The third-order valence-electron chi connectivity index (χ3n) is 4.25. The fourth-order valence-electron chi connectivity index (χ4n) is 3.05. The van der Waals surface area contributed by atoms with Crippen LogP contribution in [0.4, 0.5) is 5.69 Å². The lowest BCUT2D eigenvalue weighted by Gasteiger charge is -2.35. The molecule has 0 radical (unpaired) electrons. The van der Waals surface area contributed by atoms with Crippen molar-refractivity contribution in [2.75, 3.05) is 18.5 Å². The molecule has 0 saturated heterocycles. The minimum atomic E-state index is 0.383. The Balaban J connectivity index is 2.00. The van der Waals surface area contributed by atoms with Crippen LogP contribution in [0.15, 0.2) is 24.3 Å². The molecule has 1 aliphatic carbocycles. The van der Waals surface area contributed by atoms with Gasteiger partial charge in [0.1, 0.15) is 0 Å². The Morgan fingerprint density at radius 3 is 2.83 bits per heavy atom. The van der Waals surface area contributed by atoms with E-state index in [1.54, 1.807) is 0 Å². The summed E-state index contributed by atoms with van der Waals surface area (Å²) in [6.07, 6.45) is 3.76. The summed E-state index contributed by atoms with van der Waals surface area (Å²) >= 11 is 0.